The topological polar surface area (TPSA) is 90.2 Å². The minimum absolute atomic E-state index is 0.0881. The lowest BCUT2D eigenvalue weighted by Crippen LogP contribution is -2.10. The quantitative estimate of drug-likeness (QED) is 0.755. The molecule has 0 saturated carbocycles. The number of anilines is 1. The van der Waals surface area contributed by atoms with E-state index < -0.39 is 0 Å². The Hall–Kier alpha value is -2.50. The van der Waals surface area contributed by atoms with E-state index in [0.29, 0.717) is 17.2 Å². The molecule has 6 nitrogen and oxygen atoms in total. The van der Waals surface area contributed by atoms with Gasteiger partial charge in [-0.05, 0) is 18.2 Å². The summed E-state index contributed by atoms with van der Waals surface area (Å²) in [7, 11) is 0. The second-order valence-electron chi connectivity index (χ2n) is 3.58. The van der Waals surface area contributed by atoms with Crippen molar-refractivity contribution in [2.24, 2.45) is 0 Å². The van der Waals surface area contributed by atoms with E-state index in [2.05, 4.69) is 9.97 Å². The van der Waals surface area contributed by atoms with Crippen LogP contribution in [-0.4, -0.2) is 16.8 Å². The molecule has 0 atom stereocenters. The van der Waals surface area contributed by atoms with E-state index in [-0.39, 0.29) is 18.3 Å². The van der Waals surface area contributed by atoms with Crippen LogP contribution < -0.4 is 20.8 Å². The molecule has 0 unspecified atom stereocenters. The summed E-state index contributed by atoms with van der Waals surface area (Å²) >= 11 is 0. The van der Waals surface area contributed by atoms with Crippen molar-refractivity contribution in [3.05, 3.63) is 34.6 Å². The SMILES string of the molecule is Nc1nc(-c2ccc3c(c2)OCO3)cc(=O)[nH]1. The predicted molar refractivity (Wildman–Crippen MR) is 60.8 cm³/mol. The van der Waals surface area contributed by atoms with Gasteiger partial charge >= 0.3 is 0 Å². The van der Waals surface area contributed by atoms with Crippen LogP contribution in [-0.2, 0) is 0 Å². The van der Waals surface area contributed by atoms with Crippen LogP contribution in [0.15, 0.2) is 29.1 Å². The highest BCUT2D eigenvalue weighted by molar-refractivity contribution is 5.64. The van der Waals surface area contributed by atoms with Crippen molar-refractivity contribution in [3.8, 4) is 22.8 Å². The first-order chi connectivity index (χ1) is 8.22. The minimum atomic E-state index is -0.287. The van der Waals surface area contributed by atoms with Crippen LogP contribution in [0.4, 0.5) is 5.95 Å². The summed E-state index contributed by atoms with van der Waals surface area (Å²) in [6, 6.07) is 6.73. The van der Waals surface area contributed by atoms with Crippen molar-refractivity contribution >= 4 is 5.95 Å². The number of hydrogen-bond acceptors (Lipinski definition) is 5. The average molecular weight is 231 g/mol. The maximum atomic E-state index is 11.3. The first kappa shape index (κ1) is 9.71. The van der Waals surface area contributed by atoms with Crippen molar-refractivity contribution in [3.63, 3.8) is 0 Å². The molecule has 3 rings (SSSR count). The normalized spacial score (nSPS) is 12.7. The fourth-order valence-electron chi connectivity index (χ4n) is 1.68. The van der Waals surface area contributed by atoms with Gasteiger partial charge in [0, 0.05) is 11.6 Å². The van der Waals surface area contributed by atoms with Gasteiger partial charge in [-0.1, -0.05) is 0 Å². The van der Waals surface area contributed by atoms with Gasteiger partial charge in [0.2, 0.25) is 12.7 Å². The number of aromatic amines is 1. The molecule has 6 heteroatoms. The third kappa shape index (κ3) is 1.69. The Balaban J connectivity index is 2.12. The number of fused-ring (bicyclic) bond motifs is 1. The molecule has 1 aromatic heterocycles. The number of nitrogens with one attached hydrogen (secondary N) is 1. The molecule has 0 amide bonds. The van der Waals surface area contributed by atoms with Crippen LogP contribution >= 0.6 is 0 Å². The Morgan fingerprint density at radius 3 is 2.88 bits per heavy atom. The highest BCUT2D eigenvalue weighted by Gasteiger charge is 2.14. The van der Waals surface area contributed by atoms with E-state index in [1.807, 2.05) is 0 Å². The number of ether oxygens (including phenoxy) is 2. The van der Waals surface area contributed by atoms with Gasteiger partial charge in [-0.25, -0.2) is 4.98 Å². The molecule has 0 saturated heterocycles. The summed E-state index contributed by atoms with van der Waals surface area (Å²) in [5, 5.41) is 0. The lowest BCUT2D eigenvalue weighted by Gasteiger charge is -2.02. The van der Waals surface area contributed by atoms with Crippen LogP contribution in [0.2, 0.25) is 0 Å². The van der Waals surface area contributed by atoms with Crippen molar-refractivity contribution < 1.29 is 9.47 Å². The number of nitrogens with two attached hydrogens (primary N) is 1. The van der Waals surface area contributed by atoms with Crippen LogP contribution in [0.5, 0.6) is 11.5 Å². The third-order valence-electron chi connectivity index (χ3n) is 2.43. The Bertz CT molecular complexity index is 636. The second kappa shape index (κ2) is 3.51. The van der Waals surface area contributed by atoms with E-state index in [1.54, 1.807) is 18.2 Å². The Morgan fingerprint density at radius 2 is 2.06 bits per heavy atom. The molecule has 0 radical (unpaired) electrons. The van der Waals surface area contributed by atoms with E-state index in [9.17, 15) is 4.79 Å². The monoisotopic (exact) mass is 231 g/mol. The first-order valence-corrected chi connectivity index (χ1v) is 4.99. The zero-order valence-electron chi connectivity index (χ0n) is 8.77. The van der Waals surface area contributed by atoms with Crippen molar-refractivity contribution in [1.82, 2.24) is 9.97 Å². The van der Waals surface area contributed by atoms with E-state index in [4.69, 9.17) is 15.2 Å². The number of benzene rings is 1. The van der Waals surface area contributed by atoms with Gasteiger partial charge in [-0.15, -0.1) is 0 Å². The van der Waals surface area contributed by atoms with Crippen LogP contribution in [0.25, 0.3) is 11.3 Å². The molecular formula is C11H9N3O3. The molecule has 0 aliphatic carbocycles. The molecule has 0 fully saturated rings. The van der Waals surface area contributed by atoms with Crippen molar-refractivity contribution in [2.45, 2.75) is 0 Å². The van der Waals surface area contributed by atoms with Gasteiger partial charge in [0.15, 0.2) is 11.5 Å². The lowest BCUT2D eigenvalue weighted by atomic mass is 10.1. The molecule has 2 aromatic rings. The van der Waals surface area contributed by atoms with Gasteiger partial charge in [0.25, 0.3) is 5.56 Å². The summed E-state index contributed by atoms with van der Waals surface area (Å²) in [6.07, 6.45) is 0. The number of rotatable bonds is 1. The van der Waals surface area contributed by atoms with Gasteiger partial charge in [0.1, 0.15) is 0 Å². The molecule has 1 aliphatic rings. The van der Waals surface area contributed by atoms with Crippen LogP contribution in [0.3, 0.4) is 0 Å². The number of aromatic nitrogens is 2. The molecule has 2 heterocycles. The smallest absolute Gasteiger partial charge is 0.252 e. The summed E-state index contributed by atoms with van der Waals surface area (Å²) in [5.41, 5.74) is 6.46. The molecule has 0 bridgehead atoms. The molecule has 1 aliphatic heterocycles. The standard InChI is InChI=1S/C11H9N3O3/c12-11-13-7(4-10(15)14-11)6-1-2-8-9(3-6)17-5-16-8/h1-4H,5H2,(H3,12,13,14,15). The fraction of sp³-hybridized carbons (Fsp3) is 0.0909. The highest BCUT2D eigenvalue weighted by atomic mass is 16.7. The van der Waals surface area contributed by atoms with Crippen LogP contribution in [0.1, 0.15) is 0 Å². The summed E-state index contributed by atoms with van der Waals surface area (Å²) < 4.78 is 10.5. The molecule has 0 spiro atoms. The number of H-pyrrole nitrogens is 1. The molecule has 17 heavy (non-hydrogen) atoms. The zero-order valence-corrected chi connectivity index (χ0v) is 8.77. The fourth-order valence-corrected chi connectivity index (χ4v) is 1.68. The molecule has 86 valence electrons. The van der Waals surface area contributed by atoms with Gasteiger partial charge in [-0.3, -0.25) is 9.78 Å². The Labute approximate surface area is 96.0 Å². The van der Waals surface area contributed by atoms with E-state index in [0.717, 1.165) is 5.56 Å². The molecular weight excluding hydrogens is 222 g/mol. The first-order valence-electron chi connectivity index (χ1n) is 4.99. The Morgan fingerprint density at radius 1 is 1.24 bits per heavy atom. The largest absolute Gasteiger partial charge is 0.454 e. The highest BCUT2D eigenvalue weighted by Crippen LogP contribution is 2.35. The number of hydrogen-bond donors (Lipinski definition) is 2. The predicted octanol–water partition coefficient (Wildman–Crippen LogP) is 0.748. The van der Waals surface area contributed by atoms with Gasteiger partial charge < -0.3 is 15.2 Å². The average Bonchev–Trinajstić information content (AvgIpc) is 2.74. The maximum Gasteiger partial charge on any atom is 0.252 e. The van der Waals surface area contributed by atoms with Crippen molar-refractivity contribution in [2.75, 3.05) is 12.5 Å². The number of nitrogens with zero attached hydrogens (tertiary/aromatic N) is 1. The molecule has 3 N–H and O–H groups in total. The minimum Gasteiger partial charge on any atom is -0.454 e. The van der Waals surface area contributed by atoms with Crippen LogP contribution in [0, 0.1) is 0 Å². The summed E-state index contributed by atoms with van der Waals surface area (Å²) in [4.78, 5) is 17.7. The number of nitrogen functional groups attached to an aromatic ring is 1. The summed E-state index contributed by atoms with van der Waals surface area (Å²) in [5.74, 6) is 1.42. The van der Waals surface area contributed by atoms with Gasteiger partial charge in [0.05, 0.1) is 5.69 Å². The lowest BCUT2D eigenvalue weighted by molar-refractivity contribution is 0.174. The molecule has 1 aromatic carbocycles. The zero-order chi connectivity index (χ0) is 11.8. The van der Waals surface area contributed by atoms with E-state index >= 15 is 0 Å². The maximum absolute atomic E-state index is 11.3. The van der Waals surface area contributed by atoms with Crippen molar-refractivity contribution in [1.29, 1.82) is 0 Å². The second-order valence-corrected chi connectivity index (χ2v) is 3.58. The third-order valence-corrected chi connectivity index (χ3v) is 2.43. The van der Waals surface area contributed by atoms with Gasteiger partial charge in [-0.2, -0.15) is 0 Å². The summed E-state index contributed by atoms with van der Waals surface area (Å²) in [6.45, 7) is 0.212. The van der Waals surface area contributed by atoms with E-state index in [1.165, 1.54) is 6.07 Å². The Kier molecular flexibility index (Phi) is 2.01.